The SMILES string of the molecule is Cc1nc(C)c(C(C)N(C)C2CCCNCC2)s1. The maximum absolute atomic E-state index is 4.56. The Labute approximate surface area is 115 Å². The Balaban J connectivity index is 2.07. The van der Waals surface area contributed by atoms with Crippen LogP contribution in [0.5, 0.6) is 0 Å². The highest BCUT2D eigenvalue weighted by atomic mass is 32.1. The third-order valence-corrected chi connectivity index (χ3v) is 5.29. The summed E-state index contributed by atoms with van der Waals surface area (Å²) in [5.41, 5.74) is 1.21. The fourth-order valence-electron chi connectivity index (χ4n) is 2.84. The first-order valence-corrected chi connectivity index (χ1v) is 7.78. The van der Waals surface area contributed by atoms with Crippen LogP contribution in [0.3, 0.4) is 0 Å². The van der Waals surface area contributed by atoms with Gasteiger partial charge in [0.2, 0.25) is 0 Å². The summed E-state index contributed by atoms with van der Waals surface area (Å²) >= 11 is 1.85. The second-order valence-electron chi connectivity index (χ2n) is 5.36. The molecule has 2 unspecified atom stereocenters. The molecule has 0 bridgehead atoms. The van der Waals surface area contributed by atoms with E-state index in [-0.39, 0.29) is 0 Å². The smallest absolute Gasteiger partial charge is 0.0900 e. The van der Waals surface area contributed by atoms with Crippen molar-refractivity contribution in [3.05, 3.63) is 15.6 Å². The topological polar surface area (TPSA) is 28.2 Å². The molecule has 3 nitrogen and oxygen atoms in total. The molecule has 1 aliphatic rings. The van der Waals surface area contributed by atoms with E-state index in [0.29, 0.717) is 12.1 Å². The summed E-state index contributed by atoms with van der Waals surface area (Å²) in [6, 6.07) is 1.19. The molecule has 0 aromatic carbocycles. The molecule has 2 rings (SSSR count). The van der Waals surface area contributed by atoms with Gasteiger partial charge in [0.25, 0.3) is 0 Å². The first-order valence-electron chi connectivity index (χ1n) is 6.96. The summed E-state index contributed by atoms with van der Waals surface area (Å²) in [7, 11) is 2.27. The molecular formula is C14H25N3S. The molecular weight excluding hydrogens is 242 g/mol. The van der Waals surface area contributed by atoms with E-state index in [4.69, 9.17) is 0 Å². The van der Waals surface area contributed by atoms with Gasteiger partial charge in [0, 0.05) is 17.0 Å². The van der Waals surface area contributed by atoms with E-state index in [1.807, 2.05) is 11.3 Å². The standard InChI is InChI=1S/C14H25N3S/c1-10-14(18-12(3)16-10)11(2)17(4)13-6-5-8-15-9-7-13/h11,13,15H,5-9H2,1-4H3. The first kappa shape index (κ1) is 14.0. The van der Waals surface area contributed by atoms with Crippen molar-refractivity contribution in [2.24, 2.45) is 0 Å². The summed E-state index contributed by atoms with van der Waals surface area (Å²) in [4.78, 5) is 8.54. The van der Waals surface area contributed by atoms with Crippen LogP contribution in [-0.2, 0) is 0 Å². The quantitative estimate of drug-likeness (QED) is 0.913. The van der Waals surface area contributed by atoms with E-state index >= 15 is 0 Å². The molecule has 1 aromatic heterocycles. The summed E-state index contributed by atoms with van der Waals surface area (Å²) in [5, 5.41) is 4.68. The largest absolute Gasteiger partial charge is 0.317 e. The lowest BCUT2D eigenvalue weighted by Gasteiger charge is -2.32. The highest BCUT2D eigenvalue weighted by Crippen LogP contribution is 2.30. The van der Waals surface area contributed by atoms with E-state index in [0.717, 1.165) is 6.54 Å². The van der Waals surface area contributed by atoms with Gasteiger partial charge in [0.1, 0.15) is 0 Å². The Morgan fingerprint density at radius 2 is 2.11 bits per heavy atom. The van der Waals surface area contributed by atoms with Crippen molar-refractivity contribution in [3.63, 3.8) is 0 Å². The summed E-state index contributed by atoms with van der Waals surface area (Å²) in [6.45, 7) is 8.89. The van der Waals surface area contributed by atoms with E-state index in [1.54, 1.807) is 0 Å². The molecule has 0 amide bonds. The lowest BCUT2D eigenvalue weighted by Crippen LogP contribution is -2.34. The Kier molecular flexibility index (Phi) is 4.76. The van der Waals surface area contributed by atoms with Crippen LogP contribution in [-0.4, -0.2) is 36.1 Å². The van der Waals surface area contributed by atoms with Crippen molar-refractivity contribution in [3.8, 4) is 0 Å². The fourth-order valence-corrected chi connectivity index (χ4v) is 3.87. The molecule has 1 aliphatic heterocycles. The Hall–Kier alpha value is -0.450. The average Bonchev–Trinajstić information content (AvgIpc) is 2.59. The summed E-state index contributed by atoms with van der Waals surface area (Å²) < 4.78 is 0. The number of hydrogen-bond acceptors (Lipinski definition) is 4. The lowest BCUT2D eigenvalue weighted by atomic mass is 10.1. The number of aromatic nitrogens is 1. The van der Waals surface area contributed by atoms with Crippen molar-refractivity contribution in [1.29, 1.82) is 0 Å². The summed E-state index contributed by atoms with van der Waals surface area (Å²) in [6.07, 6.45) is 3.87. The molecule has 1 aromatic rings. The van der Waals surface area contributed by atoms with E-state index in [9.17, 15) is 0 Å². The van der Waals surface area contributed by atoms with Crippen LogP contribution >= 0.6 is 11.3 Å². The highest BCUT2D eigenvalue weighted by Gasteiger charge is 2.24. The number of nitrogens with zero attached hydrogens (tertiary/aromatic N) is 2. The third-order valence-electron chi connectivity index (χ3n) is 4.05. The Bertz CT molecular complexity index is 380. The molecule has 4 heteroatoms. The van der Waals surface area contributed by atoms with Crippen molar-refractivity contribution in [2.75, 3.05) is 20.1 Å². The molecule has 18 heavy (non-hydrogen) atoms. The van der Waals surface area contributed by atoms with Gasteiger partial charge in [-0.25, -0.2) is 4.98 Å². The number of aryl methyl sites for hydroxylation is 2. The molecule has 1 N–H and O–H groups in total. The number of rotatable bonds is 3. The maximum Gasteiger partial charge on any atom is 0.0900 e. The maximum atomic E-state index is 4.56. The van der Waals surface area contributed by atoms with Crippen LogP contribution in [0.15, 0.2) is 0 Å². The van der Waals surface area contributed by atoms with Crippen LogP contribution in [0.4, 0.5) is 0 Å². The normalized spacial score (nSPS) is 23.1. The highest BCUT2D eigenvalue weighted by molar-refractivity contribution is 7.11. The fraction of sp³-hybridized carbons (Fsp3) is 0.786. The van der Waals surface area contributed by atoms with Gasteiger partial charge >= 0.3 is 0 Å². The molecule has 102 valence electrons. The van der Waals surface area contributed by atoms with E-state index in [1.165, 1.54) is 41.4 Å². The van der Waals surface area contributed by atoms with Crippen LogP contribution in [0.1, 0.15) is 47.8 Å². The van der Waals surface area contributed by atoms with Crippen molar-refractivity contribution < 1.29 is 0 Å². The molecule has 2 heterocycles. The minimum Gasteiger partial charge on any atom is -0.317 e. The predicted octanol–water partition coefficient (Wildman–Crippen LogP) is 2.89. The van der Waals surface area contributed by atoms with Gasteiger partial charge in [-0.15, -0.1) is 11.3 Å². The average molecular weight is 267 g/mol. The van der Waals surface area contributed by atoms with Crippen molar-refractivity contribution in [2.45, 2.75) is 52.1 Å². The molecule has 1 fully saturated rings. The van der Waals surface area contributed by atoms with Gasteiger partial charge in [-0.3, -0.25) is 4.90 Å². The minimum atomic E-state index is 0.485. The predicted molar refractivity (Wildman–Crippen MR) is 78.3 cm³/mol. The molecule has 1 saturated heterocycles. The third kappa shape index (κ3) is 3.11. The molecule has 0 aliphatic carbocycles. The Morgan fingerprint density at radius 3 is 2.78 bits per heavy atom. The van der Waals surface area contributed by atoms with Crippen LogP contribution in [0.25, 0.3) is 0 Å². The zero-order valence-corrected chi connectivity index (χ0v) is 12.8. The Morgan fingerprint density at radius 1 is 1.33 bits per heavy atom. The van der Waals surface area contributed by atoms with Gasteiger partial charge < -0.3 is 5.32 Å². The van der Waals surface area contributed by atoms with Crippen LogP contribution in [0.2, 0.25) is 0 Å². The van der Waals surface area contributed by atoms with E-state index in [2.05, 4.69) is 43.0 Å². The first-order chi connectivity index (χ1) is 8.59. The van der Waals surface area contributed by atoms with Gasteiger partial charge in [-0.05, 0) is 60.2 Å². The van der Waals surface area contributed by atoms with Crippen LogP contribution in [0, 0.1) is 13.8 Å². The van der Waals surface area contributed by atoms with Gasteiger partial charge in [-0.2, -0.15) is 0 Å². The van der Waals surface area contributed by atoms with Gasteiger partial charge in [0.05, 0.1) is 10.7 Å². The van der Waals surface area contributed by atoms with Gasteiger partial charge in [0.15, 0.2) is 0 Å². The number of nitrogens with one attached hydrogen (secondary N) is 1. The zero-order chi connectivity index (χ0) is 13.1. The van der Waals surface area contributed by atoms with Crippen molar-refractivity contribution >= 4 is 11.3 Å². The molecule has 2 atom stereocenters. The van der Waals surface area contributed by atoms with E-state index < -0.39 is 0 Å². The zero-order valence-electron chi connectivity index (χ0n) is 12.0. The lowest BCUT2D eigenvalue weighted by molar-refractivity contribution is 0.173. The molecule has 0 spiro atoms. The van der Waals surface area contributed by atoms with Crippen LogP contribution < -0.4 is 5.32 Å². The van der Waals surface area contributed by atoms with Crippen molar-refractivity contribution in [1.82, 2.24) is 15.2 Å². The van der Waals surface area contributed by atoms with Gasteiger partial charge in [-0.1, -0.05) is 0 Å². The summed E-state index contributed by atoms with van der Waals surface area (Å²) in [5.74, 6) is 0. The molecule has 0 saturated carbocycles. The molecule has 0 radical (unpaired) electrons. The second-order valence-corrected chi connectivity index (χ2v) is 6.59. The monoisotopic (exact) mass is 267 g/mol. The minimum absolute atomic E-state index is 0.485. The number of thiazole rings is 1. The number of hydrogen-bond donors (Lipinski definition) is 1. The second kappa shape index (κ2) is 6.13.